The molecule has 0 atom stereocenters. The average molecular weight is 334 g/mol. The van der Waals surface area contributed by atoms with Crippen molar-refractivity contribution in [2.75, 3.05) is 6.61 Å². The van der Waals surface area contributed by atoms with Crippen LogP contribution in [0.5, 0.6) is 5.75 Å². The highest BCUT2D eigenvalue weighted by Crippen LogP contribution is 2.26. The van der Waals surface area contributed by atoms with Crippen LogP contribution >= 0.6 is 0 Å². The number of hydrogen-bond acceptors (Lipinski definition) is 5. The highest BCUT2D eigenvalue weighted by molar-refractivity contribution is 5.90. The summed E-state index contributed by atoms with van der Waals surface area (Å²) in [5.74, 6) is -0.115. The number of oxazole rings is 1. The van der Waals surface area contributed by atoms with Gasteiger partial charge in [0.15, 0.2) is 12.2 Å². The van der Waals surface area contributed by atoms with E-state index < -0.39 is 5.97 Å². The van der Waals surface area contributed by atoms with E-state index in [0.717, 1.165) is 5.56 Å². The van der Waals surface area contributed by atoms with Crippen LogP contribution in [-0.2, 0) is 4.79 Å². The summed E-state index contributed by atoms with van der Waals surface area (Å²) in [7, 11) is 0. The van der Waals surface area contributed by atoms with Crippen LogP contribution < -0.4 is 4.74 Å². The normalized spacial score (nSPS) is 11.2. The molecule has 0 spiro atoms. The van der Waals surface area contributed by atoms with Gasteiger partial charge in [0.2, 0.25) is 5.89 Å². The van der Waals surface area contributed by atoms with Crippen LogP contribution in [0.1, 0.15) is 17.9 Å². The zero-order valence-corrected chi connectivity index (χ0v) is 13.2. The Bertz CT molecular complexity index is 932. The Morgan fingerprint density at radius 3 is 2.68 bits per heavy atom. The highest BCUT2D eigenvalue weighted by Gasteiger charge is 2.14. The van der Waals surface area contributed by atoms with Crippen LogP contribution in [-0.4, -0.2) is 22.7 Å². The number of aliphatic carboxylic acids is 1. The quantitative estimate of drug-likeness (QED) is 0.737. The standard InChI is InChI=1S/C19H14N2O4/c20-9-10-24-15-7-5-13(6-8-15)11-14(12-18(22)23)19-21-16-3-1-2-4-17(16)25-19/h1-8,11H,10,12H2,(H,22,23)/b14-11+. The minimum atomic E-state index is -0.970. The van der Waals surface area contributed by atoms with E-state index in [1.165, 1.54) is 0 Å². The van der Waals surface area contributed by atoms with Gasteiger partial charge in [-0.25, -0.2) is 4.98 Å². The third kappa shape index (κ3) is 4.03. The van der Waals surface area contributed by atoms with Gasteiger partial charge in [0.25, 0.3) is 0 Å². The van der Waals surface area contributed by atoms with Gasteiger partial charge in [-0.3, -0.25) is 4.79 Å². The van der Waals surface area contributed by atoms with Gasteiger partial charge in [0.05, 0.1) is 6.42 Å². The molecule has 25 heavy (non-hydrogen) atoms. The summed E-state index contributed by atoms with van der Waals surface area (Å²) in [6.45, 7) is -0.0254. The highest BCUT2D eigenvalue weighted by atomic mass is 16.5. The Morgan fingerprint density at radius 1 is 1.24 bits per heavy atom. The van der Waals surface area contributed by atoms with E-state index in [9.17, 15) is 9.90 Å². The number of aromatic nitrogens is 1. The van der Waals surface area contributed by atoms with Crippen LogP contribution in [0, 0.1) is 11.3 Å². The van der Waals surface area contributed by atoms with Crippen LogP contribution in [0.4, 0.5) is 0 Å². The second-order valence-electron chi connectivity index (χ2n) is 5.24. The largest absolute Gasteiger partial charge is 0.481 e. The van der Waals surface area contributed by atoms with E-state index in [0.29, 0.717) is 22.4 Å². The molecule has 2 aromatic carbocycles. The third-order valence-corrected chi connectivity index (χ3v) is 3.43. The molecule has 1 N–H and O–H groups in total. The van der Waals surface area contributed by atoms with Crippen molar-refractivity contribution in [3.63, 3.8) is 0 Å². The molecule has 0 fully saturated rings. The molecule has 0 saturated carbocycles. The maximum Gasteiger partial charge on any atom is 0.308 e. The molecule has 6 nitrogen and oxygen atoms in total. The monoisotopic (exact) mass is 334 g/mol. The van der Waals surface area contributed by atoms with Crippen LogP contribution in [0.3, 0.4) is 0 Å². The lowest BCUT2D eigenvalue weighted by atomic mass is 10.1. The summed E-state index contributed by atoms with van der Waals surface area (Å²) in [4.78, 5) is 15.6. The maximum atomic E-state index is 11.2. The Balaban J connectivity index is 1.93. The zero-order chi connectivity index (χ0) is 17.6. The van der Waals surface area contributed by atoms with Gasteiger partial charge < -0.3 is 14.3 Å². The Hall–Kier alpha value is -3.59. The molecule has 0 bridgehead atoms. The SMILES string of the molecule is N#CCOc1ccc(/C=C(\CC(=O)O)c2nc3ccccc3o2)cc1. The number of benzene rings is 2. The fourth-order valence-electron chi connectivity index (χ4n) is 2.34. The summed E-state index contributed by atoms with van der Waals surface area (Å²) in [6, 6.07) is 16.1. The van der Waals surface area contributed by atoms with Crippen LogP contribution in [0.15, 0.2) is 52.9 Å². The lowest BCUT2D eigenvalue weighted by Gasteiger charge is -2.03. The van der Waals surface area contributed by atoms with E-state index in [4.69, 9.17) is 14.4 Å². The predicted octanol–water partition coefficient (Wildman–Crippen LogP) is 3.75. The molecule has 0 saturated heterocycles. The van der Waals surface area contributed by atoms with Gasteiger partial charge >= 0.3 is 5.97 Å². The first-order valence-electron chi connectivity index (χ1n) is 7.54. The van der Waals surface area contributed by atoms with Crippen molar-refractivity contribution in [3.8, 4) is 11.8 Å². The molecule has 0 aliphatic rings. The maximum absolute atomic E-state index is 11.2. The first-order chi connectivity index (χ1) is 12.2. The number of fused-ring (bicyclic) bond motifs is 1. The zero-order valence-electron chi connectivity index (χ0n) is 13.2. The molecule has 3 rings (SSSR count). The van der Waals surface area contributed by atoms with Crippen molar-refractivity contribution >= 4 is 28.7 Å². The molecule has 0 aliphatic carbocycles. The van der Waals surface area contributed by atoms with Gasteiger partial charge in [-0.05, 0) is 35.9 Å². The first-order valence-corrected chi connectivity index (χ1v) is 7.54. The number of hydrogen-bond donors (Lipinski definition) is 1. The minimum Gasteiger partial charge on any atom is -0.481 e. The summed E-state index contributed by atoms with van der Waals surface area (Å²) in [5, 5.41) is 17.7. The van der Waals surface area contributed by atoms with Crippen LogP contribution in [0.25, 0.3) is 22.7 Å². The minimum absolute atomic E-state index is 0.0254. The van der Waals surface area contributed by atoms with E-state index in [2.05, 4.69) is 4.98 Å². The molecule has 6 heteroatoms. The molecule has 0 radical (unpaired) electrons. The Kier molecular flexibility index (Phi) is 4.77. The summed E-state index contributed by atoms with van der Waals surface area (Å²) in [5.41, 5.74) is 2.53. The number of nitriles is 1. The van der Waals surface area contributed by atoms with Gasteiger partial charge in [-0.15, -0.1) is 0 Å². The van der Waals surface area contributed by atoms with Crippen LogP contribution in [0.2, 0.25) is 0 Å². The van der Waals surface area contributed by atoms with Crippen molar-refractivity contribution in [1.29, 1.82) is 5.26 Å². The molecule has 0 amide bonds. The van der Waals surface area contributed by atoms with Crippen molar-refractivity contribution in [3.05, 3.63) is 60.0 Å². The number of carboxylic acid groups (broad SMARTS) is 1. The predicted molar refractivity (Wildman–Crippen MR) is 91.7 cm³/mol. The van der Waals surface area contributed by atoms with Crippen molar-refractivity contribution in [2.45, 2.75) is 6.42 Å². The lowest BCUT2D eigenvalue weighted by molar-refractivity contribution is -0.135. The Labute approximate surface area is 143 Å². The fraction of sp³-hybridized carbons (Fsp3) is 0.105. The van der Waals surface area contributed by atoms with Gasteiger partial charge in [-0.1, -0.05) is 24.3 Å². The summed E-state index contributed by atoms with van der Waals surface area (Å²) in [6.07, 6.45) is 1.51. The smallest absolute Gasteiger partial charge is 0.308 e. The third-order valence-electron chi connectivity index (χ3n) is 3.43. The molecule has 1 heterocycles. The number of para-hydroxylation sites is 2. The number of rotatable bonds is 6. The summed E-state index contributed by atoms with van der Waals surface area (Å²) >= 11 is 0. The van der Waals surface area contributed by atoms with Gasteiger partial charge in [0, 0.05) is 5.57 Å². The Morgan fingerprint density at radius 2 is 2.00 bits per heavy atom. The molecular weight excluding hydrogens is 320 g/mol. The molecule has 124 valence electrons. The van der Waals surface area contributed by atoms with E-state index >= 15 is 0 Å². The molecule has 0 unspecified atom stereocenters. The number of nitrogens with zero attached hydrogens (tertiary/aromatic N) is 2. The molecular formula is C19H14N2O4. The first kappa shape index (κ1) is 16.3. The number of ether oxygens (including phenoxy) is 1. The van der Waals surface area contributed by atoms with E-state index in [1.54, 1.807) is 36.4 Å². The fourth-order valence-corrected chi connectivity index (χ4v) is 2.34. The van der Waals surface area contributed by atoms with Gasteiger partial charge in [-0.2, -0.15) is 5.26 Å². The lowest BCUT2D eigenvalue weighted by Crippen LogP contribution is -1.97. The van der Waals surface area contributed by atoms with E-state index in [1.807, 2.05) is 24.3 Å². The van der Waals surface area contributed by atoms with Crippen molar-refractivity contribution in [1.82, 2.24) is 4.98 Å². The number of carboxylic acids is 1. The second-order valence-corrected chi connectivity index (χ2v) is 5.24. The molecule has 1 aromatic heterocycles. The molecule has 0 aliphatic heterocycles. The topological polar surface area (TPSA) is 96.3 Å². The molecule has 3 aromatic rings. The number of carbonyl (C=O) groups is 1. The van der Waals surface area contributed by atoms with E-state index in [-0.39, 0.29) is 18.9 Å². The van der Waals surface area contributed by atoms with Gasteiger partial charge in [0.1, 0.15) is 17.3 Å². The average Bonchev–Trinajstić information content (AvgIpc) is 3.04. The van der Waals surface area contributed by atoms with Crippen molar-refractivity contribution < 1.29 is 19.1 Å². The summed E-state index contributed by atoms with van der Waals surface area (Å²) < 4.78 is 10.9. The van der Waals surface area contributed by atoms with Crippen molar-refractivity contribution in [2.24, 2.45) is 0 Å². The second kappa shape index (κ2) is 7.32.